The third kappa shape index (κ3) is 3.94. The van der Waals surface area contributed by atoms with Crippen molar-refractivity contribution in [1.82, 2.24) is 10.3 Å². The predicted molar refractivity (Wildman–Crippen MR) is 77.7 cm³/mol. The van der Waals surface area contributed by atoms with E-state index in [2.05, 4.69) is 17.2 Å². The van der Waals surface area contributed by atoms with Crippen LogP contribution in [0.1, 0.15) is 62.2 Å². The van der Waals surface area contributed by atoms with Gasteiger partial charge in [0.15, 0.2) is 0 Å². The van der Waals surface area contributed by atoms with Crippen molar-refractivity contribution >= 4 is 5.91 Å². The summed E-state index contributed by atoms with van der Waals surface area (Å²) < 4.78 is 0. The van der Waals surface area contributed by atoms with Gasteiger partial charge in [0, 0.05) is 11.7 Å². The summed E-state index contributed by atoms with van der Waals surface area (Å²) in [5.41, 5.74) is 1.93. The molecule has 1 atom stereocenters. The molecule has 0 unspecified atom stereocenters. The summed E-state index contributed by atoms with van der Waals surface area (Å²) in [6.07, 6.45) is 3.49. The first-order valence-corrected chi connectivity index (χ1v) is 7.09. The van der Waals surface area contributed by atoms with Crippen molar-refractivity contribution in [3.8, 4) is 0 Å². The molecule has 19 heavy (non-hydrogen) atoms. The molecule has 0 bridgehead atoms. The lowest BCUT2D eigenvalue weighted by Gasteiger charge is -2.13. The summed E-state index contributed by atoms with van der Waals surface area (Å²) in [6, 6.07) is 1.83. The van der Waals surface area contributed by atoms with Crippen LogP contribution in [0.4, 0.5) is 0 Å². The molecule has 0 radical (unpaired) electrons. The average molecular weight is 264 g/mol. The monoisotopic (exact) mass is 264 g/mol. The number of carbonyl (C=O) groups is 1. The smallest absolute Gasteiger partial charge is 0.261 e. The average Bonchev–Trinajstić information content (AvgIpc) is 2.40. The molecule has 106 valence electrons. The van der Waals surface area contributed by atoms with Gasteiger partial charge in [-0.1, -0.05) is 27.2 Å². The standard InChI is InChI=1S/C15H24N2O2/c1-5-8-11-9-12(14(18)16-10(4)6-2)15(19)17-13(11)7-3/h9-10H,5-8H2,1-4H3,(H,16,18)(H,17,19)/t10-/m1/s1. The number of hydrogen-bond donors (Lipinski definition) is 2. The number of H-pyrrole nitrogens is 1. The van der Waals surface area contributed by atoms with Gasteiger partial charge in [0.05, 0.1) is 0 Å². The van der Waals surface area contributed by atoms with Crippen molar-refractivity contribution in [3.05, 3.63) is 33.2 Å². The third-order valence-corrected chi connectivity index (χ3v) is 3.32. The molecule has 0 fully saturated rings. The van der Waals surface area contributed by atoms with E-state index in [4.69, 9.17) is 0 Å². The first-order valence-electron chi connectivity index (χ1n) is 7.09. The van der Waals surface area contributed by atoms with Crippen molar-refractivity contribution in [2.75, 3.05) is 0 Å². The minimum Gasteiger partial charge on any atom is -0.349 e. The Balaban J connectivity index is 3.10. The first-order chi connectivity index (χ1) is 9.03. The number of aryl methyl sites for hydroxylation is 2. The van der Waals surface area contributed by atoms with Crippen molar-refractivity contribution in [2.24, 2.45) is 0 Å². The maximum atomic E-state index is 12.1. The number of carbonyl (C=O) groups excluding carboxylic acids is 1. The molecule has 4 nitrogen and oxygen atoms in total. The molecule has 4 heteroatoms. The van der Waals surface area contributed by atoms with Gasteiger partial charge in [-0.3, -0.25) is 9.59 Å². The second-order valence-electron chi connectivity index (χ2n) is 4.90. The van der Waals surface area contributed by atoms with Crippen LogP contribution < -0.4 is 10.9 Å². The summed E-state index contributed by atoms with van der Waals surface area (Å²) in [6.45, 7) is 8.02. The van der Waals surface area contributed by atoms with Gasteiger partial charge in [0.2, 0.25) is 0 Å². The van der Waals surface area contributed by atoms with E-state index in [0.29, 0.717) is 0 Å². The Kier molecular flexibility index (Phi) is 5.80. The van der Waals surface area contributed by atoms with Gasteiger partial charge in [-0.2, -0.15) is 0 Å². The first kappa shape index (κ1) is 15.5. The summed E-state index contributed by atoms with van der Waals surface area (Å²) in [5, 5.41) is 2.83. The molecular weight excluding hydrogens is 240 g/mol. The highest BCUT2D eigenvalue weighted by atomic mass is 16.2. The zero-order chi connectivity index (χ0) is 14.4. The van der Waals surface area contributed by atoms with Crippen LogP contribution in [-0.4, -0.2) is 16.9 Å². The number of aromatic amines is 1. The molecule has 1 rings (SSSR count). The zero-order valence-electron chi connectivity index (χ0n) is 12.3. The van der Waals surface area contributed by atoms with Crippen LogP contribution in [-0.2, 0) is 12.8 Å². The number of amides is 1. The van der Waals surface area contributed by atoms with Crippen LogP contribution in [0.15, 0.2) is 10.9 Å². The minimum absolute atomic E-state index is 0.0763. The molecular formula is C15H24N2O2. The maximum absolute atomic E-state index is 12.1. The van der Waals surface area contributed by atoms with Crippen molar-refractivity contribution in [1.29, 1.82) is 0 Å². The quantitative estimate of drug-likeness (QED) is 0.829. The number of pyridine rings is 1. The highest BCUT2D eigenvalue weighted by molar-refractivity contribution is 5.94. The predicted octanol–water partition coefficient (Wildman–Crippen LogP) is 2.42. The Morgan fingerprint density at radius 1 is 1.37 bits per heavy atom. The third-order valence-electron chi connectivity index (χ3n) is 3.32. The van der Waals surface area contributed by atoms with Gasteiger partial charge >= 0.3 is 0 Å². The number of nitrogens with one attached hydrogen (secondary N) is 2. The molecule has 1 heterocycles. The number of hydrogen-bond acceptors (Lipinski definition) is 2. The lowest BCUT2D eigenvalue weighted by Crippen LogP contribution is -2.36. The molecule has 0 aromatic carbocycles. The molecule has 0 spiro atoms. The highest BCUT2D eigenvalue weighted by Crippen LogP contribution is 2.10. The van der Waals surface area contributed by atoms with Gasteiger partial charge in [-0.15, -0.1) is 0 Å². The number of rotatable bonds is 6. The minimum atomic E-state index is -0.294. The van der Waals surface area contributed by atoms with Gasteiger partial charge < -0.3 is 10.3 Å². The van der Waals surface area contributed by atoms with Crippen LogP contribution in [0.2, 0.25) is 0 Å². The summed E-state index contributed by atoms with van der Waals surface area (Å²) >= 11 is 0. The summed E-state index contributed by atoms with van der Waals surface area (Å²) in [5.74, 6) is -0.282. The van der Waals surface area contributed by atoms with Gasteiger partial charge in [0.1, 0.15) is 5.56 Å². The van der Waals surface area contributed by atoms with Gasteiger partial charge in [0.25, 0.3) is 11.5 Å². The molecule has 1 aromatic rings. The van der Waals surface area contributed by atoms with E-state index in [-0.39, 0.29) is 23.1 Å². The normalized spacial score (nSPS) is 12.2. The Bertz CT molecular complexity index is 491. The van der Waals surface area contributed by atoms with Crippen molar-refractivity contribution < 1.29 is 4.79 Å². The zero-order valence-corrected chi connectivity index (χ0v) is 12.3. The van der Waals surface area contributed by atoms with E-state index >= 15 is 0 Å². The van der Waals surface area contributed by atoms with Gasteiger partial charge in [-0.25, -0.2) is 0 Å². The lowest BCUT2D eigenvalue weighted by atomic mass is 10.0. The van der Waals surface area contributed by atoms with E-state index in [9.17, 15) is 9.59 Å². The molecule has 0 aliphatic rings. The van der Waals surface area contributed by atoms with E-state index in [1.807, 2.05) is 20.8 Å². The molecule has 0 saturated heterocycles. The topological polar surface area (TPSA) is 62.0 Å². The largest absolute Gasteiger partial charge is 0.349 e. The summed E-state index contributed by atoms with van der Waals surface area (Å²) in [4.78, 5) is 26.8. The van der Waals surface area contributed by atoms with E-state index in [1.54, 1.807) is 6.07 Å². The summed E-state index contributed by atoms with van der Waals surface area (Å²) in [7, 11) is 0. The van der Waals surface area contributed by atoms with Gasteiger partial charge in [-0.05, 0) is 37.8 Å². The molecule has 0 aliphatic heterocycles. The van der Waals surface area contributed by atoms with Crippen LogP contribution >= 0.6 is 0 Å². The SMILES string of the molecule is CCCc1cc(C(=O)N[C@H](C)CC)c(=O)[nH]c1CC. The van der Waals surface area contributed by atoms with E-state index in [0.717, 1.165) is 36.9 Å². The highest BCUT2D eigenvalue weighted by Gasteiger charge is 2.15. The second-order valence-corrected chi connectivity index (χ2v) is 4.90. The van der Waals surface area contributed by atoms with Crippen molar-refractivity contribution in [2.45, 2.75) is 59.4 Å². The molecule has 0 saturated carbocycles. The molecule has 2 N–H and O–H groups in total. The van der Waals surface area contributed by atoms with Crippen LogP contribution in [0.25, 0.3) is 0 Å². The maximum Gasteiger partial charge on any atom is 0.261 e. The fraction of sp³-hybridized carbons (Fsp3) is 0.600. The second kappa shape index (κ2) is 7.12. The Morgan fingerprint density at radius 3 is 2.58 bits per heavy atom. The van der Waals surface area contributed by atoms with E-state index < -0.39 is 0 Å². The molecule has 0 aliphatic carbocycles. The Morgan fingerprint density at radius 2 is 2.05 bits per heavy atom. The van der Waals surface area contributed by atoms with Crippen molar-refractivity contribution in [3.63, 3.8) is 0 Å². The van der Waals surface area contributed by atoms with Crippen LogP contribution in [0.3, 0.4) is 0 Å². The molecule has 1 aromatic heterocycles. The Hall–Kier alpha value is -1.58. The number of aromatic nitrogens is 1. The fourth-order valence-corrected chi connectivity index (χ4v) is 1.99. The van der Waals surface area contributed by atoms with Crippen LogP contribution in [0.5, 0.6) is 0 Å². The lowest BCUT2D eigenvalue weighted by molar-refractivity contribution is 0.0937. The Labute approximate surface area is 114 Å². The van der Waals surface area contributed by atoms with E-state index in [1.165, 1.54) is 0 Å². The fourth-order valence-electron chi connectivity index (χ4n) is 1.99. The van der Waals surface area contributed by atoms with Crippen LogP contribution in [0, 0.1) is 0 Å². The molecule has 1 amide bonds.